The molecule has 0 bridgehead atoms. The van der Waals surface area contributed by atoms with E-state index in [9.17, 15) is 9.59 Å². The van der Waals surface area contributed by atoms with Crippen LogP contribution in [0.5, 0.6) is 0 Å². The Kier molecular flexibility index (Phi) is 4.71. The number of methoxy groups -OCH3 is 1. The van der Waals surface area contributed by atoms with Gasteiger partial charge in [0.1, 0.15) is 12.4 Å². The molecule has 0 unspecified atom stereocenters. The number of hydrogen-bond acceptors (Lipinski definition) is 5. The van der Waals surface area contributed by atoms with Crippen LogP contribution in [0.15, 0.2) is 42.2 Å². The number of carbonyl (C=O) groups excluding carboxylic acids is 2. The molecule has 128 valence electrons. The highest BCUT2D eigenvalue weighted by molar-refractivity contribution is 5.92. The Bertz CT molecular complexity index is 655. The number of likely N-dealkylation sites (tertiary alicyclic amines) is 1. The molecule has 1 saturated heterocycles. The molecule has 0 spiro atoms. The van der Waals surface area contributed by atoms with Crippen LogP contribution < -0.4 is 0 Å². The number of ketones is 1. The average Bonchev–Trinajstić information content (AvgIpc) is 2.92. The summed E-state index contributed by atoms with van der Waals surface area (Å²) in [5, 5.41) is 0. The van der Waals surface area contributed by atoms with Crippen LogP contribution in [0.1, 0.15) is 25.3 Å². The second-order valence-electron chi connectivity index (χ2n) is 6.54. The number of esters is 1. The zero-order chi connectivity index (χ0) is 17.2. The van der Waals surface area contributed by atoms with Crippen molar-refractivity contribution >= 4 is 11.8 Å². The van der Waals surface area contributed by atoms with Crippen LogP contribution in [0.4, 0.5) is 0 Å². The average molecular weight is 329 g/mol. The number of nitrogens with zero attached hydrogens (tertiary/aromatic N) is 1. The molecule has 1 aliphatic carbocycles. The van der Waals surface area contributed by atoms with Gasteiger partial charge in [-0.3, -0.25) is 14.5 Å². The summed E-state index contributed by atoms with van der Waals surface area (Å²) in [6.07, 6.45) is 2.82. The molecule has 5 nitrogen and oxygen atoms in total. The van der Waals surface area contributed by atoms with E-state index in [0.29, 0.717) is 12.2 Å². The Hall–Kier alpha value is -2.14. The lowest BCUT2D eigenvalue weighted by Gasteiger charge is -2.40. The molecule has 1 heterocycles. The summed E-state index contributed by atoms with van der Waals surface area (Å²) in [4.78, 5) is 25.8. The number of carbonyl (C=O) groups is 2. The number of allylic oxidation sites excluding steroid dienone is 1. The topological polar surface area (TPSA) is 55.8 Å². The quantitative estimate of drug-likeness (QED) is 0.776. The Balaban J connectivity index is 1.88. The summed E-state index contributed by atoms with van der Waals surface area (Å²) in [5.74, 6) is 0.396. The van der Waals surface area contributed by atoms with Crippen LogP contribution in [-0.4, -0.2) is 43.0 Å². The van der Waals surface area contributed by atoms with Crippen molar-refractivity contribution in [2.45, 2.75) is 32.4 Å². The van der Waals surface area contributed by atoms with E-state index in [1.54, 1.807) is 13.2 Å². The van der Waals surface area contributed by atoms with Crippen LogP contribution in [0.25, 0.3) is 0 Å². The molecule has 1 fully saturated rings. The van der Waals surface area contributed by atoms with Crippen LogP contribution >= 0.6 is 0 Å². The van der Waals surface area contributed by atoms with E-state index in [0.717, 1.165) is 19.5 Å². The van der Waals surface area contributed by atoms with Crippen LogP contribution in [0.3, 0.4) is 0 Å². The number of fused-ring (bicyclic) bond motifs is 1. The second kappa shape index (κ2) is 6.77. The van der Waals surface area contributed by atoms with Gasteiger partial charge in [-0.05, 0) is 18.5 Å². The number of hydrogen-bond donors (Lipinski definition) is 0. The Morgan fingerprint density at radius 2 is 2.08 bits per heavy atom. The van der Waals surface area contributed by atoms with E-state index in [-0.39, 0.29) is 24.4 Å². The SMILES string of the molecule is COC1=CC(=O)C[C@H]2N(Cc3ccccc3)CC[C@@]12COC(C)=O. The third-order valence-corrected chi connectivity index (χ3v) is 5.08. The molecule has 24 heavy (non-hydrogen) atoms. The van der Waals surface area contributed by atoms with Gasteiger partial charge >= 0.3 is 5.97 Å². The molecule has 0 amide bonds. The van der Waals surface area contributed by atoms with Crippen LogP contribution in [0, 0.1) is 5.41 Å². The van der Waals surface area contributed by atoms with Crippen molar-refractivity contribution < 1.29 is 19.1 Å². The fourth-order valence-electron chi connectivity index (χ4n) is 3.91. The summed E-state index contributed by atoms with van der Waals surface area (Å²) in [6.45, 7) is 3.28. The maximum atomic E-state index is 12.2. The van der Waals surface area contributed by atoms with Crippen molar-refractivity contribution in [3.63, 3.8) is 0 Å². The lowest BCUT2D eigenvalue weighted by Crippen LogP contribution is -2.47. The normalized spacial score (nSPS) is 26.7. The van der Waals surface area contributed by atoms with Gasteiger partial charge in [-0.2, -0.15) is 0 Å². The first-order valence-corrected chi connectivity index (χ1v) is 8.25. The molecule has 0 radical (unpaired) electrons. The molecule has 1 aromatic carbocycles. The summed E-state index contributed by atoms with van der Waals surface area (Å²) in [6, 6.07) is 10.2. The Morgan fingerprint density at radius 3 is 2.75 bits per heavy atom. The highest BCUT2D eigenvalue weighted by atomic mass is 16.5. The van der Waals surface area contributed by atoms with Gasteiger partial charge in [0.15, 0.2) is 5.78 Å². The first kappa shape index (κ1) is 16.7. The smallest absolute Gasteiger partial charge is 0.302 e. The van der Waals surface area contributed by atoms with Crippen LogP contribution in [-0.2, 0) is 25.6 Å². The summed E-state index contributed by atoms with van der Waals surface area (Å²) >= 11 is 0. The predicted molar refractivity (Wildman–Crippen MR) is 89.0 cm³/mol. The molecular weight excluding hydrogens is 306 g/mol. The maximum Gasteiger partial charge on any atom is 0.302 e. The fraction of sp³-hybridized carbons (Fsp3) is 0.474. The predicted octanol–water partition coefficient (Wildman–Crippen LogP) is 2.31. The summed E-state index contributed by atoms with van der Waals surface area (Å²) in [5.41, 5.74) is 0.782. The molecule has 0 N–H and O–H groups in total. The van der Waals surface area contributed by atoms with Crippen molar-refractivity contribution in [3.05, 3.63) is 47.7 Å². The van der Waals surface area contributed by atoms with Crippen molar-refractivity contribution in [3.8, 4) is 0 Å². The Labute approximate surface area is 142 Å². The van der Waals surface area contributed by atoms with E-state index in [2.05, 4.69) is 17.0 Å². The van der Waals surface area contributed by atoms with Gasteiger partial charge < -0.3 is 9.47 Å². The van der Waals surface area contributed by atoms with Gasteiger partial charge in [0.2, 0.25) is 0 Å². The highest BCUT2D eigenvalue weighted by Gasteiger charge is 2.54. The van der Waals surface area contributed by atoms with Gasteiger partial charge in [-0.25, -0.2) is 0 Å². The van der Waals surface area contributed by atoms with E-state index >= 15 is 0 Å². The van der Waals surface area contributed by atoms with Crippen molar-refractivity contribution in [1.29, 1.82) is 0 Å². The molecule has 3 rings (SSSR count). The maximum absolute atomic E-state index is 12.2. The summed E-state index contributed by atoms with van der Waals surface area (Å²) < 4.78 is 10.9. The third-order valence-electron chi connectivity index (χ3n) is 5.08. The Morgan fingerprint density at radius 1 is 1.33 bits per heavy atom. The largest absolute Gasteiger partial charge is 0.500 e. The molecule has 1 aliphatic heterocycles. The zero-order valence-corrected chi connectivity index (χ0v) is 14.2. The van der Waals surface area contributed by atoms with Gasteiger partial charge in [0.05, 0.1) is 12.5 Å². The van der Waals surface area contributed by atoms with Crippen LogP contribution in [0.2, 0.25) is 0 Å². The van der Waals surface area contributed by atoms with Gasteiger partial charge in [0.25, 0.3) is 0 Å². The van der Waals surface area contributed by atoms with Crippen molar-refractivity contribution in [1.82, 2.24) is 4.90 Å². The van der Waals surface area contributed by atoms with Crippen molar-refractivity contribution in [2.75, 3.05) is 20.3 Å². The zero-order valence-electron chi connectivity index (χ0n) is 14.2. The van der Waals surface area contributed by atoms with Gasteiger partial charge in [0, 0.05) is 32.0 Å². The molecule has 0 aromatic heterocycles. The van der Waals surface area contributed by atoms with E-state index in [1.807, 2.05) is 18.2 Å². The molecule has 2 atom stereocenters. The number of rotatable bonds is 5. The molecule has 2 aliphatic rings. The minimum Gasteiger partial charge on any atom is -0.500 e. The minimum absolute atomic E-state index is 0.00972. The van der Waals surface area contributed by atoms with Gasteiger partial charge in [-0.1, -0.05) is 30.3 Å². The summed E-state index contributed by atoms with van der Waals surface area (Å²) in [7, 11) is 1.58. The first-order valence-electron chi connectivity index (χ1n) is 8.25. The van der Waals surface area contributed by atoms with E-state index in [1.165, 1.54) is 12.5 Å². The highest BCUT2D eigenvalue weighted by Crippen LogP contribution is 2.48. The third kappa shape index (κ3) is 3.08. The lowest BCUT2D eigenvalue weighted by molar-refractivity contribution is -0.145. The van der Waals surface area contributed by atoms with E-state index < -0.39 is 5.41 Å². The molecular formula is C19H23NO4. The fourth-order valence-corrected chi connectivity index (χ4v) is 3.91. The monoisotopic (exact) mass is 329 g/mol. The standard InChI is InChI=1S/C19H23NO4/c1-14(21)24-13-19-8-9-20(12-15-6-4-3-5-7-15)17(19)10-16(22)11-18(19)23-2/h3-7,11,17H,8-10,12-13H2,1-2H3/t17-,19+/m1/s1. The second-order valence-corrected chi connectivity index (χ2v) is 6.54. The minimum atomic E-state index is -0.427. The molecule has 0 saturated carbocycles. The first-order chi connectivity index (χ1) is 11.5. The van der Waals surface area contributed by atoms with Crippen molar-refractivity contribution in [2.24, 2.45) is 5.41 Å². The van der Waals surface area contributed by atoms with E-state index in [4.69, 9.17) is 9.47 Å². The molecule has 5 heteroatoms. The number of ether oxygens (including phenoxy) is 2. The van der Waals surface area contributed by atoms with Gasteiger partial charge in [-0.15, -0.1) is 0 Å². The molecule has 1 aromatic rings. The number of benzene rings is 1. The lowest BCUT2D eigenvalue weighted by atomic mass is 9.73.